The molecule has 0 saturated carbocycles. The smallest absolute Gasteiger partial charge is 0.408 e. The molecule has 0 radical (unpaired) electrons. The fourth-order valence-corrected chi connectivity index (χ4v) is 4.75. The van der Waals surface area contributed by atoms with Crippen molar-refractivity contribution in [1.82, 2.24) is 15.5 Å². The molecule has 2 N–H and O–H groups in total. The summed E-state index contributed by atoms with van der Waals surface area (Å²) in [5.74, 6) is -1.33. The van der Waals surface area contributed by atoms with E-state index in [0.717, 1.165) is 36.8 Å². The summed E-state index contributed by atoms with van der Waals surface area (Å²) in [5, 5.41) is 5.68. The predicted molar refractivity (Wildman–Crippen MR) is 166 cm³/mol. The van der Waals surface area contributed by atoms with Crippen LogP contribution in [0, 0.1) is 19.8 Å². The SMILES string of the molecule is CCCCCCCN(C(=O)C(NC(=O)OC(C)(C)C)C(C)CC)C(C(=O)NCCC(=O)OCC)c1ccc(C)cc1C. The van der Waals surface area contributed by atoms with Gasteiger partial charge in [0.15, 0.2) is 0 Å². The number of aryl methyl sites for hydroxylation is 2. The van der Waals surface area contributed by atoms with Gasteiger partial charge in [0.1, 0.15) is 17.7 Å². The van der Waals surface area contributed by atoms with Crippen LogP contribution in [0.1, 0.15) is 116 Å². The molecule has 0 aliphatic rings. The van der Waals surface area contributed by atoms with Crippen molar-refractivity contribution >= 4 is 23.9 Å². The molecule has 0 saturated heterocycles. The van der Waals surface area contributed by atoms with Crippen LogP contribution in [-0.4, -0.2) is 60.1 Å². The molecule has 9 nitrogen and oxygen atoms in total. The van der Waals surface area contributed by atoms with Crippen LogP contribution >= 0.6 is 0 Å². The van der Waals surface area contributed by atoms with Gasteiger partial charge in [0.25, 0.3) is 0 Å². The number of hydrogen-bond donors (Lipinski definition) is 2. The van der Waals surface area contributed by atoms with Crippen LogP contribution in [-0.2, 0) is 23.9 Å². The van der Waals surface area contributed by atoms with E-state index in [0.29, 0.717) is 24.9 Å². The van der Waals surface area contributed by atoms with Gasteiger partial charge in [-0.15, -0.1) is 0 Å². The second-order valence-electron chi connectivity index (χ2n) is 12.1. The van der Waals surface area contributed by atoms with Crippen molar-refractivity contribution in [3.8, 4) is 0 Å². The summed E-state index contributed by atoms with van der Waals surface area (Å²) in [6.45, 7) is 17.6. The lowest BCUT2D eigenvalue weighted by Gasteiger charge is -2.36. The fourth-order valence-electron chi connectivity index (χ4n) is 4.75. The number of nitrogens with zero attached hydrogens (tertiary/aromatic N) is 1. The van der Waals surface area contributed by atoms with E-state index in [-0.39, 0.29) is 37.3 Å². The number of alkyl carbamates (subject to hydrolysis) is 1. The van der Waals surface area contributed by atoms with Crippen LogP contribution in [0.15, 0.2) is 18.2 Å². The Morgan fingerprint density at radius 1 is 0.976 bits per heavy atom. The largest absolute Gasteiger partial charge is 0.466 e. The molecule has 0 heterocycles. The summed E-state index contributed by atoms with van der Waals surface area (Å²) in [6, 6.07) is 3.97. The van der Waals surface area contributed by atoms with Gasteiger partial charge in [-0.05, 0) is 65.0 Å². The Labute approximate surface area is 253 Å². The van der Waals surface area contributed by atoms with Crippen molar-refractivity contribution in [2.75, 3.05) is 19.7 Å². The summed E-state index contributed by atoms with van der Waals surface area (Å²) in [4.78, 5) is 54.7. The third-order valence-corrected chi connectivity index (χ3v) is 7.15. The Bertz CT molecular complexity index is 1020. The maximum atomic E-state index is 14.4. The number of rotatable bonds is 17. The van der Waals surface area contributed by atoms with Gasteiger partial charge in [0.2, 0.25) is 11.8 Å². The number of ether oxygens (including phenoxy) is 2. The highest BCUT2D eigenvalue weighted by atomic mass is 16.6. The van der Waals surface area contributed by atoms with E-state index in [2.05, 4.69) is 17.6 Å². The van der Waals surface area contributed by atoms with Gasteiger partial charge in [-0.2, -0.15) is 0 Å². The average molecular weight is 590 g/mol. The molecule has 1 rings (SSSR count). The zero-order valence-electron chi connectivity index (χ0n) is 27.4. The van der Waals surface area contributed by atoms with E-state index in [1.807, 2.05) is 45.9 Å². The molecule has 0 aliphatic carbocycles. The lowest BCUT2D eigenvalue weighted by molar-refractivity contribution is -0.145. The molecular weight excluding hydrogens is 534 g/mol. The van der Waals surface area contributed by atoms with Crippen molar-refractivity contribution in [3.63, 3.8) is 0 Å². The van der Waals surface area contributed by atoms with Crippen molar-refractivity contribution < 1.29 is 28.7 Å². The van der Waals surface area contributed by atoms with Crippen LogP contribution in [0.25, 0.3) is 0 Å². The molecule has 1 aromatic rings. The first-order valence-electron chi connectivity index (χ1n) is 15.6. The molecule has 3 unspecified atom stereocenters. The number of hydrogen-bond acceptors (Lipinski definition) is 6. The Morgan fingerprint density at radius 3 is 2.21 bits per heavy atom. The van der Waals surface area contributed by atoms with Gasteiger partial charge >= 0.3 is 12.1 Å². The summed E-state index contributed by atoms with van der Waals surface area (Å²) >= 11 is 0. The highest BCUT2D eigenvalue weighted by molar-refractivity contribution is 5.92. The van der Waals surface area contributed by atoms with Crippen LogP contribution < -0.4 is 10.6 Å². The third kappa shape index (κ3) is 12.8. The molecule has 1 aromatic carbocycles. The number of carbonyl (C=O) groups is 4. The zero-order valence-corrected chi connectivity index (χ0v) is 27.4. The monoisotopic (exact) mass is 589 g/mol. The van der Waals surface area contributed by atoms with Gasteiger partial charge in [-0.3, -0.25) is 14.4 Å². The minimum atomic E-state index is -0.946. The topological polar surface area (TPSA) is 114 Å². The van der Waals surface area contributed by atoms with Gasteiger partial charge < -0.3 is 25.0 Å². The van der Waals surface area contributed by atoms with Crippen molar-refractivity contribution in [2.24, 2.45) is 5.92 Å². The van der Waals surface area contributed by atoms with E-state index >= 15 is 0 Å². The maximum absolute atomic E-state index is 14.4. The average Bonchev–Trinajstić information content (AvgIpc) is 2.90. The van der Waals surface area contributed by atoms with Crippen molar-refractivity contribution in [1.29, 1.82) is 0 Å². The highest BCUT2D eigenvalue weighted by Gasteiger charge is 2.38. The summed E-state index contributed by atoms with van der Waals surface area (Å²) in [7, 11) is 0. The predicted octanol–water partition coefficient (Wildman–Crippen LogP) is 6.15. The first-order valence-corrected chi connectivity index (χ1v) is 15.6. The van der Waals surface area contributed by atoms with Crippen molar-refractivity contribution in [2.45, 2.75) is 125 Å². The van der Waals surface area contributed by atoms with Crippen LogP contribution in [0.2, 0.25) is 0 Å². The van der Waals surface area contributed by atoms with Gasteiger partial charge in [-0.1, -0.05) is 76.6 Å². The first kappa shape index (κ1) is 36.9. The number of benzene rings is 1. The Balaban J connectivity index is 3.53. The molecule has 0 fully saturated rings. The molecule has 3 amide bonds. The number of carbonyl (C=O) groups excluding carboxylic acids is 4. The molecule has 0 aliphatic heterocycles. The van der Waals surface area contributed by atoms with Crippen LogP contribution in [0.3, 0.4) is 0 Å². The number of esters is 1. The standard InChI is InChI=1S/C33H55N3O6/c1-10-13-14-15-16-21-36(31(39)28(24(5)11-2)35-32(40)42-33(7,8)9)29(26-18-17-23(4)22-25(26)6)30(38)34-20-19-27(37)41-12-3/h17-18,22,24,28-29H,10-16,19-21H2,1-9H3,(H,34,38)(H,35,40). The molecule has 3 atom stereocenters. The molecule has 238 valence electrons. The minimum absolute atomic E-state index is 0.0276. The zero-order chi connectivity index (χ0) is 31.9. The van der Waals surface area contributed by atoms with E-state index in [4.69, 9.17) is 9.47 Å². The lowest BCUT2D eigenvalue weighted by atomic mass is 9.93. The maximum Gasteiger partial charge on any atom is 0.408 e. The second kappa shape index (κ2) is 18.4. The molecule has 9 heteroatoms. The second-order valence-corrected chi connectivity index (χ2v) is 12.1. The van der Waals surface area contributed by atoms with Gasteiger partial charge in [0.05, 0.1) is 13.0 Å². The first-order chi connectivity index (χ1) is 19.7. The lowest BCUT2D eigenvalue weighted by Crippen LogP contribution is -2.55. The van der Waals surface area contributed by atoms with Gasteiger partial charge in [-0.25, -0.2) is 4.79 Å². The number of amides is 3. The van der Waals surface area contributed by atoms with Crippen LogP contribution in [0.4, 0.5) is 4.79 Å². The van der Waals surface area contributed by atoms with Gasteiger partial charge in [0, 0.05) is 13.1 Å². The Kier molecular flexibility index (Phi) is 16.2. The van der Waals surface area contributed by atoms with E-state index in [9.17, 15) is 19.2 Å². The quantitative estimate of drug-likeness (QED) is 0.166. The molecule has 0 spiro atoms. The summed E-state index contributed by atoms with van der Waals surface area (Å²) in [6.07, 6.45) is 4.83. The molecule has 0 aromatic heterocycles. The summed E-state index contributed by atoms with van der Waals surface area (Å²) in [5.41, 5.74) is 1.90. The Hall–Kier alpha value is -3.10. The minimum Gasteiger partial charge on any atom is -0.466 e. The molecule has 42 heavy (non-hydrogen) atoms. The fraction of sp³-hybridized carbons (Fsp3) is 0.697. The summed E-state index contributed by atoms with van der Waals surface area (Å²) < 4.78 is 10.5. The Morgan fingerprint density at radius 2 is 1.64 bits per heavy atom. The normalized spacial score (nSPS) is 13.5. The third-order valence-electron chi connectivity index (χ3n) is 7.15. The van der Waals surface area contributed by atoms with E-state index < -0.39 is 29.7 Å². The van der Waals surface area contributed by atoms with E-state index in [1.165, 1.54) is 0 Å². The number of nitrogens with one attached hydrogen (secondary N) is 2. The van der Waals surface area contributed by atoms with Crippen LogP contribution in [0.5, 0.6) is 0 Å². The number of unbranched alkanes of at least 4 members (excludes halogenated alkanes) is 4. The molecule has 0 bridgehead atoms. The highest BCUT2D eigenvalue weighted by Crippen LogP contribution is 2.28. The van der Waals surface area contributed by atoms with Crippen molar-refractivity contribution in [3.05, 3.63) is 34.9 Å². The van der Waals surface area contributed by atoms with E-state index in [1.54, 1.807) is 32.6 Å². The molecular formula is C33H55N3O6.